The van der Waals surface area contributed by atoms with Crippen LogP contribution in [-0.2, 0) is 84.9 Å². The molecule has 30 saturated heterocycles. The van der Waals surface area contributed by atoms with Crippen LogP contribution in [0.4, 0.5) is 0 Å². The summed E-state index contributed by atoms with van der Waals surface area (Å²) >= 11 is 0. The van der Waals surface area contributed by atoms with Crippen molar-refractivity contribution in [3.8, 4) is 0 Å². The highest BCUT2D eigenvalue weighted by atomic mass is 31.2. The summed E-state index contributed by atoms with van der Waals surface area (Å²) in [6.07, 6.45) is -85.3. The van der Waals surface area contributed by atoms with Crippen LogP contribution in [0.1, 0.15) is 0 Å². The van der Waals surface area contributed by atoms with Crippen LogP contribution in [0.5, 0.6) is 0 Å². The first-order valence-electron chi connectivity index (χ1n) is 28.9. The van der Waals surface area contributed by atoms with Crippen molar-refractivity contribution in [2.75, 3.05) is 52.9 Å². The van der Waals surface area contributed by atoms with Crippen molar-refractivity contribution in [3.05, 3.63) is 0 Å². The molecule has 0 spiro atoms. The molecule has 0 aromatic carbocycles. The average Bonchev–Trinajstić information content (AvgIpc) is 0.784. The standard InChI is InChI=1S/C48H81O43P.H3N/c49-1-9-33-17(56)25(64)41(76-9)85-34-10(2-50)78-43(27(66)19(34)58)87-36-12(4-52)80-45(29(68)21(36)60)89-38-14(6-54)82-47(31(70)23(38)62)91-40-16(8-75-92(72,73)74)83-48(32(71)24(40)63)90-39-15(7-55)81-46(30(69)22(39)61)88-37-13(5-53)79-44(28(67)20(37)59)86-35-11(3-51)77-42(84-33)26(65)18(35)57;/h9-71H,1-8H2,(H2,72,73,74);1H3/t9-,10-,11-,12-,13-,14-,15-,16-,17+,18-,19-,20+,21-,22+,23-,24-,25+,26-,27-,28+,29-,30+,31-,32-,33-,34-,35-,36-,37-,38-,39-,40-,41-,42-,43-,44-,45-,46-,47-,48-;/m1./s1. The molecule has 0 saturated carbocycles. The largest absolute Gasteiger partial charge is 0.756 e. The molecule has 41 atom stereocenters. The van der Waals surface area contributed by atoms with E-state index in [2.05, 4.69) is 4.52 Å². The van der Waals surface area contributed by atoms with Crippen LogP contribution in [0.25, 0.3) is 0 Å². The lowest BCUT2D eigenvalue weighted by Crippen LogP contribution is -2.69. The monoisotopic (exact) mass is 1390 g/mol. The molecule has 30 aliphatic heterocycles. The average molecular weight is 1390 g/mol. The van der Waals surface area contributed by atoms with E-state index in [1.807, 2.05) is 0 Å². The van der Waals surface area contributed by atoms with E-state index in [-0.39, 0.29) is 6.15 Å². The van der Waals surface area contributed by atoms with Crippen LogP contribution < -0.4 is 11.0 Å². The molecule has 0 aromatic heterocycles. The fourth-order valence-corrected chi connectivity index (χ4v) is 12.4. The molecule has 544 valence electrons. The maximum Gasteiger partial charge on any atom is 0.265 e. The summed E-state index contributed by atoms with van der Waals surface area (Å²) in [5, 5.41) is 255. The first kappa shape index (κ1) is 77.3. The molecule has 30 aliphatic rings. The number of ether oxygens (including phenoxy) is 16. The number of phosphoric acid groups is 1. The maximum absolute atomic E-state index is 11.8. The molecule has 30 fully saturated rings. The van der Waals surface area contributed by atoms with Gasteiger partial charge in [0.2, 0.25) is 0 Å². The van der Waals surface area contributed by atoms with Gasteiger partial charge in [0.05, 0.1) is 52.9 Å². The molecule has 0 aromatic rings. The molecule has 44 nitrogen and oxygen atoms in total. The first-order valence-corrected chi connectivity index (χ1v) is 30.4. The highest BCUT2D eigenvalue weighted by Crippen LogP contribution is 2.41. The van der Waals surface area contributed by atoms with Crippen molar-refractivity contribution in [2.24, 2.45) is 0 Å². The molecule has 30 rings (SSSR count). The Morgan fingerprint density at radius 1 is 0.247 bits per heavy atom. The Bertz CT molecular complexity index is 2330. The van der Waals surface area contributed by atoms with E-state index < -0.39 is 306 Å². The number of rotatable bonds is 10. The molecule has 16 bridgehead atoms. The Morgan fingerprint density at radius 2 is 0.376 bits per heavy atom. The predicted molar refractivity (Wildman–Crippen MR) is 276 cm³/mol. The van der Waals surface area contributed by atoms with Gasteiger partial charge < -0.3 is 214 Å². The van der Waals surface area contributed by atoms with Gasteiger partial charge in [-0.25, -0.2) is 0 Å². The fourth-order valence-electron chi connectivity index (χ4n) is 12.1. The van der Waals surface area contributed by atoms with Gasteiger partial charge in [0.15, 0.2) is 50.3 Å². The Hall–Kier alpha value is -1.49. The second kappa shape index (κ2) is 32.4. The van der Waals surface area contributed by atoms with Crippen molar-refractivity contribution in [1.29, 1.82) is 0 Å². The van der Waals surface area contributed by atoms with Crippen LogP contribution in [0.2, 0.25) is 0 Å². The minimum absolute atomic E-state index is 0. The Balaban J connectivity index is 0.0000111. The van der Waals surface area contributed by atoms with Crippen LogP contribution in [0.3, 0.4) is 0 Å². The quantitative estimate of drug-likeness (QED) is 0.0903. The number of aliphatic hydroxyl groups is 23. The minimum atomic E-state index is -5.72. The molecule has 0 amide bonds. The van der Waals surface area contributed by atoms with Crippen LogP contribution in [0.15, 0.2) is 0 Å². The summed E-state index contributed by atoms with van der Waals surface area (Å²) in [6.45, 7) is -9.25. The molecule has 28 N–H and O–H groups in total. The van der Waals surface area contributed by atoms with Gasteiger partial charge in [-0.05, 0) is 0 Å². The molecule has 0 radical (unpaired) electrons. The van der Waals surface area contributed by atoms with Gasteiger partial charge in [-0.15, -0.1) is 0 Å². The summed E-state index contributed by atoms with van der Waals surface area (Å²) in [6, 6.07) is 0. The predicted octanol–water partition coefficient (Wildman–Crippen LogP) is -17.5. The van der Waals surface area contributed by atoms with E-state index >= 15 is 0 Å². The van der Waals surface area contributed by atoms with Crippen molar-refractivity contribution in [2.45, 2.75) is 246 Å². The third-order valence-corrected chi connectivity index (χ3v) is 17.6. The zero-order valence-corrected chi connectivity index (χ0v) is 49.6. The van der Waals surface area contributed by atoms with Crippen molar-refractivity contribution in [3.63, 3.8) is 0 Å². The summed E-state index contributed by atoms with van der Waals surface area (Å²) in [5.74, 6) is 0. The van der Waals surface area contributed by atoms with Crippen LogP contribution in [0, 0.1) is 0 Å². The second-order valence-corrected chi connectivity index (χ2v) is 24.2. The lowest BCUT2D eigenvalue weighted by Gasteiger charge is -2.50. The Morgan fingerprint density at radius 3 is 0.505 bits per heavy atom. The lowest BCUT2D eigenvalue weighted by molar-refractivity contribution is -0.404. The third kappa shape index (κ3) is 16.0. The number of quaternary nitrogens is 1. The summed E-state index contributed by atoms with van der Waals surface area (Å²) in [7, 11) is -5.72. The van der Waals surface area contributed by atoms with Gasteiger partial charge in [-0.1, -0.05) is 0 Å². The van der Waals surface area contributed by atoms with Crippen LogP contribution >= 0.6 is 7.82 Å². The second-order valence-electron chi connectivity index (χ2n) is 23.0. The number of phosphoric ester groups is 1. The van der Waals surface area contributed by atoms with Gasteiger partial charge in [0.25, 0.3) is 7.82 Å². The Labute approximate surface area is 523 Å². The highest BCUT2D eigenvalue weighted by Gasteiger charge is 2.60. The van der Waals surface area contributed by atoms with E-state index in [9.17, 15) is 132 Å². The van der Waals surface area contributed by atoms with Crippen molar-refractivity contribution >= 4 is 7.82 Å². The smallest absolute Gasteiger partial charge is 0.265 e. The van der Waals surface area contributed by atoms with Gasteiger partial charge in [0, 0.05) is 0 Å². The molecule has 45 heteroatoms. The first-order chi connectivity index (χ1) is 43.5. The number of hydrogen-bond donors (Lipinski definition) is 25. The molecule has 0 aliphatic carbocycles. The van der Waals surface area contributed by atoms with Gasteiger partial charge in [0.1, 0.15) is 195 Å². The van der Waals surface area contributed by atoms with E-state index in [1.54, 1.807) is 0 Å². The molecular weight excluding hydrogens is 1310 g/mol. The molecule has 1 unspecified atom stereocenters. The SMILES string of the molecule is O=P([O-])(O)OC[C@H]1O[C@@H]2O[C@H]3[C@@H](O)[C@H](O)[C@@H](O[C@H]4[C@@H](O)[C@H](O)[C@@H](O[C@H]5[C@H](O)[C@@H](O)[C@@H](O[C@H]6[C@@H](O)[C@H](O)[C@@H](O[C@H]7[C@H](O)[C@@H](O)[C@@H](O[C@H]8[C@H](O)[C@@H](O)[C@@H](O[C@H]9[C@H](O)[C@@H](O)[C@@H](O[C@H]1[C@H](O)[C@H]2O)O[C@@H]9CO)O[C@@H]8CO)O[C@@H]7CO)O[C@@H]6CO)O[C@@H]5CO)O[C@@H]4CO)O[C@@H]3CO.[NH4+]. The molecular formula is C48H84NO43P. The molecule has 93 heavy (non-hydrogen) atoms. The summed E-state index contributed by atoms with van der Waals surface area (Å²) in [5.41, 5.74) is 0. The summed E-state index contributed by atoms with van der Waals surface area (Å²) < 4.78 is 107. The maximum atomic E-state index is 11.8. The Kier molecular flexibility index (Phi) is 26.9. The van der Waals surface area contributed by atoms with Gasteiger partial charge in [-0.2, -0.15) is 0 Å². The van der Waals surface area contributed by atoms with Crippen molar-refractivity contribution < 1.29 is 212 Å². The third-order valence-electron chi connectivity index (χ3n) is 17.1. The summed E-state index contributed by atoms with van der Waals surface area (Å²) in [4.78, 5) is 21.4. The molecule has 30 heterocycles. The minimum Gasteiger partial charge on any atom is -0.756 e. The highest BCUT2D eigenvalue weighted by molar-refractivity contribution is 7.44. The lowest BCUT2D eigenvalue weighted by atomic mass is 9.94. The zero-order chi connectivity index (χ0) is 67.3. The van der Waals surface area contributed by atoms with E-state index in [4.69, 9.17) is 75.8 Å². The van der Waals surface area contributed by atoms with Crippen LogP contribution in [-0.4, -0.2) is 421 Å². The topological polar surface area (TPSA) is 719 Å². The van der Waals surface area contributed by atoms with Gasteiger partial charge in [-0.3, -0.25) is 4.57 Å². The number of aliphatic hydroxyl groups excluding tert-OH is 23. The van der Waals surface area contributed by atoms with Gasteiger partial charge >= 0.3 is 0 Å². The number of hydrogen-bond acceptors (Lipinski definition) is 42. The van der Waals surface area contributed by atoms with E-state index in [0.29, 0.717) is 0 Å². The normalized spacial score (nSPS) is 53.6. The zero-order valence-electron chi connectivity index (χ0n) is 48.7. The van der Waals surface area contributed by atoms with Crippen molar-refractivity contribution in [1.82, 2.24) is 6.15 Å². The fraction of sp³-hybridized carbons (Fsp3) is 1.00. The van der Waals surface area contributed by atoms with E-state index in [1.165, 1.54) is 0 Å². The van der Waals surface area contributed by atoms with E-state index in [0.717, 1.165) is 0 Å².